The van der Waals surface area contributed by atoms with E-state index in [0.29, 0.717) is 28.5 Å². The van der Waals surface area contributed by atoms with Crippen LogP contribution in [0, 0.1) is 11.3 Å². The summed E-state index contributed by atoms with van der Waals surface area (Å²) in [7, 11) is 0. The summed E-state index contributed by atoms with van der Waals surface area (Å²) in [6.45, 7) is 0.220. The highest BCUT2D eigenvalue weighted by atomic mass is 16.7. The topological polar surface area (TPSA) is 86.1 Å². The van der Waals surface area contributed by atoms with E-state index in [1.165, 1.54) is 0 Å². The molecule has 102 valence electrons. The molecule has 2 N–H and O–H groups in total. The molecule has 1 aromatic heterocycles. The fourth-order valence-corrected chi connectivity index (χ4v) is 2.50. The molecule has 0 fully saturated rings. The van der Waals surface area contributed by atoms with E-state index in [1.807, 2.05) is 30.3 Å². The Morgan fingerprint density at radius 3 is 2.90 bits per heavy atom. The van der Waals surface area contributed by atoms with Crippen molar-refractivity contribution < 1.29 is 9.47 Å². The molecule has 6 nitrogen and oxygen atoms in total. The van der Waals surface area contributed by atoms with Gasteiger partial charge in [0.25, 0.3) is 0 Å². The lowest BCUT2D eigenvalue weighted by molar-refractivity contribution is 0.174. The van der Waals surface area contributed by atoms with E-state index in [-0.39, 0.29) is 6.79 Å². The van der Waals surface area contributed by atoms with Crippen molar-refractivity contribution >= 4 is 17.0 Å². The Balaban J connectivity index is 1.99. The van der Waals surface area contributed by atoms with E-state index < -0.39 is 0 Å². The molecule has 21 heavy (non-hydrogen) atoms. The van der Waals surface area contributed by atoms with Gasteiger partial charge in [0.2, 0.25) is 12.7 Å². The first-order valence-corrected chi connectivity index (χ1v) is 6.35. The number of nitrogens with zero attached hydrogens (tertiary/aromatic N) is 3. The van der Waals surface area contributed by atoms with Crippen molar-refractivity contribution in [1.29, 1.82) is 5.26 Å². The maximum atomic E-state index is 9.16. The van der Waals surface area contributed by atoms with Crippen LogP contribution < -0.4 is 15.2 Å². The van der Waals surface area contributed by atoms with Crippen LogP contribution in [-0.4, -0.2) is 16.3 Å². The van der Waals surface area contributed by atoms with E-state index in [9.17, 15) is 0 Å². The lowest BCUT2D eigenvalue weighted by atomic mass is 10.2. The number of rotatable bonds is 1. The van der Waals surface area contributed by atoms with Crippen LogP contribution in [0.25, 0.3) is 16.7 Å². The second-order valence-corrected chi connectivity index (χ2v) is 4.63. The molecule has 3 aromatic rings. The van der Waals surface area contributed by atoms with Crippen molar-refractivity contribution in [3.05, 3.63) is 42.0 Å². The molecular weight excluding hydrogens is 268 g/mol. The molecular formula is C15H10N4O2. The van der Waals surface area contributed by atoms with Crippen LogP contribution in [0.5, 0.6) is 11.5 Å². The molecule has 0 amide bonds. The van der Waals surface area contributed by atoms with Crippen LogP contribution in [0.15, 0.2) is 36.4 Å². The fourth-order valence-electron chi connectivity index (χ4n) is 2.50. The van der Waals surface area contributed by atoms with Crippen molar-refractivity contribution in [3.63, 3.8) is 0 Å². The number of nitrogens with two attached hydrogens (primary N) is 1. The maximum Gasteiger partial charge on any atom is 0.231 e. The molecule has 0 spiro atoms. The molecule has 2 heterocycles. The number of para-hydroxylation sites is 1. The fraction of sp³-hybridized carbons (Fsp3) is 0.0667. The monoisotopic (exact) mass is 278 g/mol. The van der Waals surface area contributed by atoms with Crippen molar-refractivity contribution in [2.45, 2.75) is 0 Å². The Labute approximate surface area is 119 Å². The predicted molar refractivity (Wildman–Crippen MR) is 76.3 cm³/mol. The minimum absolute atomic E-state index is 0.220. The molecule has 0 saturated heterocycles. The van der Waals surface area contributed by atoms with Gasteiger partial charge < -0.3 is 15.2 Å². The predicted octanol–water partition coefficient (Wildman–Crippen LogP) is 2.21. The van der Waals surface area contributed by atoms with Crippen LogP contribution in [0.1, 0.15) is 5.56 Å². The van der Waals surface area contributed by atoms with Gasteiger partial charge in [0.05, 0.1) is 16.8 Å². The van der Waals surface area contributed by atoms with Crippen LogP contribution in [0.4, 0.5) is 5.95 Å². The number of ether oxygens (including phenoxy) is 2. The second-order valence-electron chi connectivity index (χ2n) is 4.63. The number of anilines is 1. The lowest BCUT2D eigenvalue weighted by Crippen LogP contribution is -2.00. The molecule has 4 rings (SSSR count). The number of hydrogen-bond donors (Lipinski definition) is 1. The smallest absolute Gasteiger partial charge is 0.231 e. The zero-order chi connectivity index (χ0) is 14.4. The van der Waals surface area contributed by atoms with Crippen molar-refractivity contribution in [2.75, 3.05) is 12.5 Å². The highest BCUT2D eigenvalue weighted by molar-refractivity contribution is 5.86. The Morgan fingerprint density at radius 2 is 2.05 bits per heavy atom. The molecule has 2 aromatic carbocycles. The van der Waals surface area contributed by atoms with Gasteiger partial charge in [-0.1, -0.05) is 6.07 Å². The quantitative estimate of drug-likeness (QED) is 0.737. The Hall–Kier alpha value is -3.20. The van der Waals surface area contributed by atoms with E-state index in [2.05, 4.69) is 11.1 Å². The first-order chi connectivity index (χ1) is 10.3. The van der Waals surface area contributed by atoms with Gasteiger partial charge in [-0.05, 0) is 24.3 Å². The normalized spacial score (nSPS) is 12.5. The largest absolute Gasteiger partial charge is 0.454 e. The first kappa shape index (κ1) is 11.6. The first-order valence-electron chi connectivity index (χ1n) is 6.35. The third-order valence-electron chi connectivity index (χ3n) is 3.45. The summed E-state index contributed by atoms with van der Waals surface area (Å²) in [4.78, 5) is 4.30. The van der Waals surface area contributed by atoms with E-state index in [1.54, 1.807) is 10.6 Å². The highest BCUT2D eigenvalue weighted by Crippen LogP contribution is 2.35. The third kappa shape index (κ3) is 1.61. The van der Waals surface area contributed by atoms with Gasteiger partial charge in [-0.2, -0.15) is 5.26 Å². The van der Waals surface area contributed by atoms with Gasteiger partial charge in [-0.15, -0.1) is 0 Å². The minimum atomic E-state index is 0.220. The van der Waals surface area contributed by atoms with Gasteiger partial charge in [-0.3, -0.25) is 4.57 Å². The SMILES string of the molecule is N#Cc1cccc2c1nc(N)n2-c1ccc2c(c1)OCO2. The Bertz CT molecular complexity index is 908. The van der Waals surface area contributed by atoms with Crippen molar-refractivity contribution in [2.24, 2.45) is 0 Å². The van der Waals surface area contributed by atoms with Crippen LogP contribution >= 0.6 is 0 Å². The van der Waals surface area contributed by atoms with E-state index in [4.69, 9.17) is 20.5 Å². The highest BCUT2D eigenvalue weighted by Gasteiger charge is 2.17. The van der Waals surface area contributed by atoms with Gasteiger partial charge in [0.15, 0.2) is 11.5 Å². The number of aromatic nitrogens is 2. The number of nitriles is 1. The Morgan fingerprint density at radius 1 is 1.19 bits per heavy atom. The average molecular weight is 278 g/mol. The second kappa shape index (κ2) is 4.15. The summed E-state index contributed by atoms with van der Waals surface area (Å²) in [5, 5.41) is 9.16. The molecule has 6 heteroatoms. The third-order valence-corrected chi connectivity index (χ3v) is 3.45. The zero-order valence-corrected chi connectivity index (χ0v) is 10.9. The minimum Gasteiger partial charge on any atom is -0.454 e. The van der Waals surface area contributed by atoms with E-state index >= 15 is 0 Å². The number of hydrogen-bond acceptors (Lipinski definition) is 5. The summed E-state index contributed by atoms with van der Waals surface area (Å²) in [5.41, 5.74) is 8.71. The molecule has 0 unspecified atom stereocenters. The molecule has 1 aliphatic heterocycles. The molecule has 0 atom stereocenters. The molecule has 0 radical (unpaired) electrons. The van der Waals surface area contributed by atoms with E-state index in [0.717, 1.165) is 11.2 Å². The lowest BCUT2D eigenvalue weighted by Gasteiger charge is -2.07. The van der Waals surface area contributed by atoms with Gasteiger partial charge in [-0.25, -0.2) is 4.98 Å². The van der Waals surface area contributed by atoms with Crippen molar-refractivity contribution in [3.8, 4) is 23.3 Å². The summed E-state index contributed by atoms with van der Waals surface area (Å²) < 4.78 is 12.5. The van der Waals surface area contributed by atoms with Gasteiger partial charge in [0.1, 0.15) is 11.6 Å². The van der Waals surface area contributed by atoms with Crippen LogP contribution in [-0.2, 0) is 0 Å². The number of benzene rings is 2. The standard InChI is InChI=1S/C15H10N4O2/c16-7-9-2-1-3-11-14(9)18-15(17)19(11)10-4-5-12-13(6-10)21-8-20-12/h1-6H,8H2,(H2,17,18). The molecule has 0 aliphatic carbocycles. The molecule has 1 aliphatic rings. The summed E-state index contributed by atoms with van der Waals surface area (Å²) in [5.74, 6) is 1.70. The average Bonchev–Trinajstić information content (AvgIpc) is 3.08. The summed E-state index contributed by atoms with van der Waals surface area (Å²) in [6, 6.07) is 13.1. The van der Waals surface area contributed by atoms with Gasteiger partial charge in [0, 0.05) is 6.07 Å². The van der Waals surface area contributed by atoms with Crippen molar-refractivity contribution in [1.82, 2.24) is 9.55 Å². The number of nitrogen functional groups attached to an aromatic ring is 1. The molecule has 0 saturated carbocycles. The van der Waals surface area contributed by atoms with Crippen LogP contribution in [0.3, 0.4) is 0 Å². The summed E-state index contributed by atoms with van der Waals surface area (Å²) >= 11 is 0. The number of fused-ring (bicyclic) bond motifs is 2. The van der Waals surface area contributed by atoms with Crippen LogP contribution in [0.2, 0.25) is 0 Å². The molecule has 0 bridgehead atoms. The number of imidazole rings is 1. The zero-order valence-electron chi connectivity index (χ0n) is 10.9. The van der Waals surface area contributed by atoms with Gasteiger partial charge >= 0.3 is 0 Å². The maximum absolute atomic E-state index is 9.16. The summed E-state index contributed by atoms with van der Waals surface area (Å²) in [6.07, 6.45) is 0. The Kier molecular flexibility index (Phi) is 2.29.